The Labute approximate surface area is 139 Å². The van der Waals surface area contributed by atoms with E-state index < -0.39 is 0 Å². The van der Waals surface area contributed by atoms with E-state index >= 15 is 0 Å². The third kappa shape index (κ3) is 3.25. The second kappa shape index (κ2) is 6.29. The summed E-state index contributed by atoms with van der Waals surface area (Å²) in [5, 5.41) is 3.31. The molecule has 2 nitrogen and oxygen atoms in total. The van der Waals surface area contributed by atoms with E-state index in [4.69, 9.17) is 11.6 Å². The molecule has 5 heteroatoms. The highest BCUT2D eigenvalue weighted by Crippen LogP contribution is 2.30. The van der Waals surface area contributed by atoms with Crippen LogP contribution in [0.4, 0.5) is 5.69 Å². The van der Waals surface area contributed by atoms with Gasteiger partial charge in [0.2, 0.25) is 0 Å². The van der Waals surface area contributed by atoms with E-state index in [1.54, 1.807) is 18.2 Å². The lowest BCUT2D eigenvalue weighted by molar-refractivity contribution is 0.102. The number of anilines is 1. The van der Waals surface area contributed by atoms with Crippen molar-refractivity contribution in [3.63, 3.8) is 0 Å². The van der Waals surface area contributed by atoms with Crippen LogP contribution in [0.2, 0.25) is 5.02 Å². The smallest absolute Gasteiger partial charge is 0.257 e. The van der Waals surface area contributed by atoms with Crippen molar-refractivity contribution in [2.24, 2.45) is 0 Å². The van der Waals surface area contributed by atoms with E-state index in [-0.39, 0.29) is 5.91 Å². The van der Waals surface area contributed by atoms with E-state index in [9.17, 15) is 4.79 Å². The summed E-state index contributed by atoms with van der Waals surface area (Å²) in [6.07, 6.45) is 0. The van der Waals surface area contributed by atoms with Crippen molar-refractivity contribution >= 4 is 55.1 Å². The van der Waals surface area contributed by atoms with E-state index in [1.165, 1.54) is 0 Å². The van der Waals surface area contributed by atoms with Gasteiger partial charge in [-0.15, -0.1) is 0 Å². The van der Waals surface area contributed by atoms with Gasteiger partial charge in [-0.25, -0.2) is 0 Å². The second-order valence-corrected chi connectivity index (χ2v) is 6.58. The summed E-state index contributed by atoms with van der Waals surface area (Å²) in [6.45, 7) is 3.96. The number of aryl methyl sites for hydroxylation is 2. The molecule has 1 amide bonds. The fraction of sp³-hybridized carbons (Fsp3) is 0.133. The first kappa shape index (κ1) is 15.5. The Morgan fingerprint density at radius 1 is 1.15 bits per heavy atom. The Bertz CT molecular complexity index is 663. The molecule has 2 aromatic rings. The first-order valence-corrected chi connectivity index (χ1v) is 7.88. The Morgan fingerprint density at radius 3 is 2.50 bits per heavy atom. The predicted molar refractivity (Wildman–Crippen MR) is 90.7 cm³/mol. The first-order chi connectivity index (χ1) is 9.40. The fourth-order valence-corrected chi connectivity index (χ4v) is 3.29. The van der Waals surface area contributed by atoms with Crippen LogP contribution in [0.25, 0.3) is 0 Å². The van der Waals surface area contributed by atoms with Crippen molar-refractivity contribution in [1.82, 2.24) is 0 Å². The highest BCUT2D eigenvalue weighted by atomic mass is 79.9. The molecule has 0 aliphatic carbocycles. The highest BCUT2D eigenvalue weighted by molar-refractivity contribution is 9.11. The minimum absolute atomic E-state index is 0.232. The van der Waals surface area contributed by atoms with Crippen molar-refractivity contribution in [3.05, 3.63) is 61.0 Å². The van der Waals surface area contributed by atoms with Gasteiger partial charge in [0.1, 0.15) is 0 Å². The van der Waals surface area contributed by atoms with E-state index in [2.05, 4.69) is 37.2 Å². The van der Waals surface area contributed by atoms with Gasteiger partial charge in [0.05, 0.1) is 16.3 Å². The molecule has 0 aliphatic rings. The summed E-state index contributed by atoms with van der Waals surface area (Å²) >= 11 is 12.9. The molecular weight excluding hydrogens is 405 g/mol. The first-order valence-electron chi connectivity index (χ1n) is 5.92. The van der Waals surface area contributed by atoms with Gasteiger partial charge in [-0.05, 0) is 75.0 Å². The maximum Gasteiger partial charge on any atom is 0.257 e. The average Bonchev–Trinajstić information content (AvgIpc) is 2.36. The number of amides is 1. The lowest BCUT2D eigenvalue weighted by atomic mass is 10.1. The Hall–Kier alpha value is -0.840. The average molecular weight is 418 g/mol. The van der Waals surface area contributed by atoms with Gasteiger partial charge in [0, 0.05) is 8.95 Å². The summed E-state index contributed by atoms with van der Waals surface area (Å²) in [5.41, 5.74) is 3.33. The van der Waals surface area contributed by atoms with Gasteiger partial charge in [-0.2, -0.15) is 0 Å². The molecule has 2 aromatic carbocycles. The molecule has 0 saturated carbocycles. The maximum absolute atomic E-state index is 12.3. The number of carbonyl (C=O) groups excluding carboxylic acids is 1. The molecule has 20 heavy (non-hydrogen) atoms. The highest BCUT2D eigenvalue weighted by Gasteiger charge is 2.15. The van der Waals surface area contributed by atoms with Crippen LogP contribution in [0.5, 0.6) is 0 Å². The van der Waals surface area contributed by atoms with E-state index in [1.807, 2.05) is 26.0 Å². The number of carbonyl (C=O) groups is 1. The van der Waals surface area contributed by atoms with Gasteiger partial charge in [-0.1, -0.05) is 23.7 Å². The molecule has 0 aromatic heterocycles. The SMILES string of the molecule is Cc1cc(C)c(NC(=O)c2cccc(Br)c2Cl)c(Br)c1. The van der Waals surface area contributed by atoms with Crippen LogP contribution in [0.15, 0.2) is 39.3 Å². The van der Waals surface area contributed by atoms with Gasteiger partial charge in [-0.3, -0.25) is 4.79 Å². The minimum atomic E-state index is -0.232. The molecule has 0 atom stereocenters. The Morgan fingerprint density at radius 2 is 1.85 bits per heavy atom. The number of rotatable bonds is 2. The third-order valence-electron chi connectivity index (χ3n) is 2.87. The lowest BCUT2D eigenvalue weighted by Crippen LogP contribution is -2.14. The molecule has 0 unspecified atom stereocenters. The molecule has 104 valence electrons. The van der Waals surface area contributed by atoms with Gasteiger partial charge >= 0.3 is 0 Å². The van der Waals surface area contributed by atoms with Gasteiger partial charge in [0.15, 0.2) is 0 Å². The lowest BCUT2D eigenvalue weighted by Gasteiger charge is -2.13. The van der Waals surface area contributed by atoms with Crippen molar-refractivity contribution in [3.8, 4) is 0 Å². The van der Waals surface area contributed by atoms with Crippen molar-refractivity contribution in [1.29, 1.82) is 0 Å². The zero-order valence-electron chi connectivity index (χ0n) is 10.9. The van der Waals surface area contributed by atoms with Crippen LogP contribution in [-0.2, 0) is 0 Å². The minimum Gasteiger partial charge on any atom is -0.321 e. The molecule has 0 spiro atoms. The van der Waals surface area contributed by atoms with E-state index in [0.717, 1.165) is 21.3 Å². The zero-order valence-corrected chi connectivity index (χ0v) is 14.9. The van der Waals surface area contributed by atoms with Crippen LogP contribution < -0.4 is 5.32 Å². The summed E-state index contributed by atoms with van der Waals surface area (Å²) in [7, 11) is 0. The molecule has 0 radical (unpaired) electrons. The standard InChI is InChI=1S/C15H12Br2ClNO/c1-8-6-9(2)14(12(17)7-8)19-15(20)10-4-3-5-11(16)13(10)18/h3-7H,1-2H3,(H,19,20). The maximum atomic E-state index is 12.3. The summed E-state index contributed by atoms with van der Waals surface area (Å²) in [5.74, 6) is -0.232. The molecular formula is C15H12Br2ClNO. The summed E-state index contributed by atoms with van der Waals surface area (Å²) in [6, 6.07) is 9.25. The van der Waals surface area contributed by atoms with Crippen molar-refractivity contribution < 1.29 is 4.79 Å². The largest absolute Gasteiger partial charge is 0.321 e. The molecule has 0 saturated heterocycles. The van der Waals surface area contributed by atoms with Crippen molar-refractivity contribution in [2.45, 2.75) is 13.8 Å². The zero-order chi connectivity index (χ0) is 14.9. The molecule has 0 bridgehead atoms. The number of hydrogen-bond acceptors (Lipinski definition) is 1. The normalized spacial score (nSPS) is 10.4. The van der Waals surface area contributed by atoms with Gasteiger partial charge < -0.3 is 5.32 Å². The number of nitrogens with one attached hydrogen (secondary N) is 1. The second-order valence-electron chi connectivity index (χ2n) is 4.49. The molecule has 0 aliphatic heterocycles. The monoisotopic (exact) mass is 415 g/mol. The third-order valence-corrected chi connectivity index (χ3v) is 4.79. The fourth-order valence-electron chi connectivity index (χ4n) is 1.93. The molecule has 0 fully saturated rings. The Balaban J connectivity index is 2.36. The predicted octanol–water partition coefficient (Wildman–Crippen LogP) is 5.73. The Kier molecular flexibility index (Phi) is 4.89. The summed E-state index contributed by atoms with van der Waals surface area (Å²) in [4.78, 5) is 12.3. The number of benzene rings is 2. The van der Waals surface area contributed by atoms with Crippen LogP contribution in [0.1, 0.15) is 21.5 Å². The van der Waals surface area contributed by atoms with Crippen LogP contribution in [-0.4, -0.2) is 5.91 Å². The molecule has 1 N–H and O–H groups in total. The molecule has 0 heterocycles. The van der Waals surface area contributed by atoms with Crippen LogP contribution in [0.3, 0.4) is 0 Å². The topological polar surface area (TPSA) is 29.1 Å². The number of hydrogen-bond donors (Lipinski definition) is 1. The van der Waals surface area contributed by atoms with Crippen LogP contribution >= 0.6 is 43.5 Å². The van der Waals surface area contributed by atoms with Crippen LogP contribution in [0, 0.1) is 13.8 Å². The van der Waals surface area contributed by atoms with E-state index in [0.29, 0.717) is 15.1 Å². The number of halogens is 3. The molecule has 2 rings (SSSR count). The van der Waals surface area contributed by atoms with Gasteiger partial charge in [0.25, 0.3) is 5.91 Å². The van der Waals surface area contributed by atoms with Crippen molar-refractivity contribution in [2.75, 3.05) is 5.32 Å². The quantitative estimate of drug-likeness (QED) is 0.664. The summed E-state index contributed by atoms with van der Waals surface area (Å²) < 4.78 is 1.56.